The van der Waals surface area contributed by atoms with E-state index in [4.69, 9.17) is 4.99 Å². The third-order valence-corrected chi connectivity index (χ3v) is 6.38. The van der Waals surface area contributed by atoms with E-state index in [1.807, 2.05) is 42.1 Å². The number of hydrogen-bond acceptors (Lipinski definition) is 5. The second kappa shape index (κ2) is 11.6. The van der Waals surface area contributed by atoms with Gasteiger partial charge in [-0.1, -0.05) is 6.07 Å². The highest BCUT2D eigenvalue weighted by atomic mass is 127. The lowest BCUT2D eigenvalue weighted by Crippen LogP contribution is -2.48. The van der Waals surface area contributed by atoms with Gasteiger partial charge >= 0.3 is 0 Å². The summed E-state index contributed by atoms with van der Waals surface area (Å²) in [6.07, 6.45) is 4.11. The molecule has 0 aromatic carbocycles. The first-order chi connectivity index (χ1) is 15.1. The number of piperidine rings is 1. The Morgan fingerprint density at radius 3 is 2.62 bits per heavy atom. The van der Waals surface area contributed by atoms with E-state index in [1.54, 1.807) is 0 Å². The highest BCUT2D eigenvalue weighted by Crippen LogP contribution is 2.24. The van der Waals surface area contributed by atoms with Gasteiger partial charge in [0.2, 0.25) is 0 Å². The third-order valence-electron chi connectivity index (χ3n) is 5.45. The highest BCUT2D eigenvalue weighted by Gasteiger charge is 2.20. The van der Waals surface area contributed by atoms with Crippen LogP contribution in [0.4, 0.5) is 5.00 Å². The molecule has 7 nitrogen and oxygen atoms in total. The van der Waals surface area contributed by atoms with Gasteiger partial charge in [0.25, 0.3) is 0 Å². The predicted molar refractivity (Wildman–Crippen MR) is 144 cm³/mol. The quantitative estimate of drug-likeness (QED) is 0.265. The molecule has 0 bridgehead atoms. The number of aromatic nitrogens is 3. The van der Waals surface area contributed by atoms with Crippen molar-refractivity contribution in [3.8, 4) is 5.82 Å². The number of aryl methyl sites for hydroxylation is 2. The van der Waals surface area contributed by atoms with Gasteiger partial charge in [-0.15, -0.1) is 35.3 Å². The standard InChI is InChI=1S/C23H31N7S.HI/c1-4-24-23(27-20-9-11-29(12-10-20)22-6-5-13-31-22)26-16-19-7-8-21(25-15-19)30-18(3)14-17(2)28-30;/h5-8,13-15,20H,4,9-12,16H2,1-3H3,(H2,24,26,27);1H. The predicted octanol–water partition coefficient (Wildman–Crippen LogP) is 4.29. The first-order valence-corrected chi connectivity index (χ1v) is 11.8. The summed E-state index contributed by atoms with van der Waals surface area (Å²) in [5, 5.41) is 15.0. The van der Waals surface area contributed by atoms with Crippen molar-refractivity contribution in [1.29, 1.82) is 0 Å². The van der Waals surface area contributed by atoms with Crippen molar-refractivity contribution in [2.75, 3.05) is 24.5 Å². The maximum absolute atomic E-state index is 4.79. The first kappa shape index (κ1) is 24.5. The van der Waals surface area contributed by atoms with E-state index in [0.717, 1.165) is 61.2 Å². The molecule has 1 saturated heterocycles. The van der Waals surface area contributed by atoms with Crippen LogP contribution < -0.4 is 15.5 Å². The molecule has 4 heterocycles. The summed E-state index contributed by atoms with van der Waals surface area (Å²) < 4.78 is 1.87. The van der Waals surface area contributed by atoms with Gasteiger partial charge < -0.3 is 15.5 Å². The highest BCUT2D eigenvalue weighted by molar-refractivity contribution is 14.0. The molecule has 2 N–H and O–H groups in total. The fraction of sp³-hybridized carbons (Fsp3) is 0.435. The van der Waals surface area contributed by atoms with E-state index in [2.05, 4.69) is 62.2 Å². The molecule has 3 aromatic heterocycles. The average Bonchev–Trinajstić information content (AvgIpc) is 3.43. The SMILES string of the molecule is CCNC(=NCc1ccc(-n2nc(C)cc2C)nc1)NC1CCN(c2cccs2)CC1.I. The number of guanidine groups is 1. The Morgan fingerprint density at radius 1 is 1.22 bits per heavy atom. The molecule has 9 heteroatoms. The van der Waals surface area contributed by atoms with Crippen molar-refractivity contribution >= 4 is 46.3 Å². The van der Waals surface area contributed by atoms with Gasteiger partial charge in [0, 0.05) is 37.6 Å². The summed E-state index contributed by atoms with van der Waals surface area (Å²) in [6, 6.07) is 10.9. The summed E-state index contributed by atoms with van der Waals surface area (Å²) in [7, 11) is 0. The normalized spacial score (nSPS) is 14.8. The van der Waals surface area contributed by atoms with Crippen molar-refractivity contribution in [2.45, 2.75) is 46.2 Å². The van der Waals surface area contributed by atoms with Crippen molar-refractivity contribution in [1.82, 2.24) is 25.4 Å². The largest absolute Gasteiger partial charge is 0.363 e. The monoisotopic (exact) mass is 565 g/mol. The Bertz CT molecular complexity index is 990. The molecule has 4 rings (SSSR count). The Hall–Kier alpha value is -2.14. The van der Waals surface area contributed by atoms with E-state index in [9.17, 15) is 0 Å². The lowest BCUT2D eigenvalue weighted by molar-refractivity contribution is 0.463. The molecule has 32 heavy (non-hydrogen) atoms. The number of nitrogens with one attached hydrogen (secondary N) is 2. The second-order valence-electron chi connectivity index (χ2n) is 7.92. The number of anilines is 1. The minimum Gasteiger partial charge on any atom is -0.363 e. The summed E-state index contributed by atoms with van der Waals surface area (Å²) in [4.78, 5) is 11.8. The number of hydrogen-bond donors (Lipinski definition) is 2. The van der Waals surface area contributed by atoms with E-state index < -0.39 is 0 Å². The Morgan fingerprint density at radius 2 is 2.03 bits per heavy atom. The molecule has 0 amide bonds. The smallest absolute Gasteiger partial charge is 0.191 e. The van der Waals surface area contributed by atoms with Gasteiger partial charge in [-0.25, -0.2) is 14.7 Å². The molecule has 0 unspecified atom stereocenters. The van der Waals surface area contributed by atoms with Crippen LogP contribution in [-0.2, 0) is 6.54 Å². The molecule has 1 aliphatic heterocycles. The van der Waals surface area contributed by atoms with Crippen LogP contribution in [0.1, 0.15) is 36.7 Å². The fourth-order valence-electron chi connectivity index (χ4n) is 3.87. The molecule has 3 aromatic rings. The van der Waals surface area contributed by atoms with Crippen LogP contribution in [0.2, 0.25) is 0 Å². The molecule has 172 valence electrons. The van der Waals surface area contributed by atoms with E-state index in [0.29, 0.717) is 12.6 Å². The Balaban J connectivity index is 0.00000289. The third kappa shape index (κ3) is 6.22. The molecule has 0 saturated carbocycles. The molecule has 0 atom stereocenters. The fourth-order valence-corrected chi connectivity index (χ4v) is 4.66. The summed E-state index contributed by atoms with van der Waals surface area (Å²) in [5.41, 5.74) is 3.16. The van der Waals surface area contributed by atoms with Crippen molar-refractivity contribution in [3.63, 3.8) is 0 Å². The Kier molecular flexibility index (Phi) is 8.92. The van der Waals surface area contributed by atoms with Gasteiger partial charge in [0.05, 0.1) is 17.2 Å². The number of rotatable bonds is 6. The molecule has 1 aliphatic rings. The van der Waals surface area contributed by atoms with Crippen LogP contribution in [0.25, 0.3) is 5.82 Å². The lowest BCUT2D eigenvalue weighted by atomic mass is 10.1. The van der Waals surface area contributed by atoms with Crippen LogP contribution in [0.15, 0.2) is 46.9 Å². The van der Waals surface area contributed by atoms with Crippen LogP contribution in [-0.4, -0.2) is 46.4 Å². The maximum atomic E-state index is 4.79. The zero-order chi connectivity index (χ0) is 21.6. The van der Waals surface area contributed by atoms with E-state index in [1.165, 1.54) is 5.00 Å². The Labute approximate surface area is 211 Å². The number of pyridine rings is 1. The van der Waals surface area contributed by atoms with Gasteiger partial charge in [-0.3, -0.25) is 0 Å². The molecule has 1 fully saturated rings. The molecule has 0 radical (unpaired) electrons. The van der Waals surface area contributed by atoms with Crippen molar-refractivity contribution in [3.05, 3.63) is 58.9 Å². The molecule has 0 spiro atoms. The van der Waals surface area contributed by atoms with Crippen LogP contribution in [0, 0.1) is 13.8 Å². The maximum Gasteiger partial charge on any atom is 0.191 e. The van der Waals surface area contributed by atoms with Gasteiger partial charge in [-0.05, 0) is 68.8 Å². The van der Waals surface area contributed by atoms with Gasteiger partial charge in [-0.2, -0.15) is 5.10 Å². The lowest BCUT2D eigenvalue weighted by Gasteiger charge is -2.33. The average molecular weight is 566 g/mol. The minimum atomic E-state index is 0. The number of aliphatic imine (C=N–C) groups is 1. The topological polar surface area (TPSA) is 70.4 Å². The second-order valence-corrected chi connectivity index (χ2v) is 8.84. The number of thiophene rings is 1. The zero-order valence-electron chi connectivity index (χ0n) is 18.9. The van der Waals surface area contributed by atoms with Crippen molar-refractivity contribution in [2.24, 2.45) is 4.99 Å². The van der Waals surface area contributed by atoms with Crippen LogP contribution in [0.5, 0.6) is 0 Å². The summed E-state index contributed by atoms with van der Waals surface area (Å²) in [6.45, 7) is 9.72. The van der Waals surface area contributed by atoms with Crippen molar-refractivity contribution < 1.29 is 0 Å². The summed E-state index contributed by atoms with van der Waals surface area (Å²) in [5.74, 6) is 1.71. The van der Waals surface area contributed by atoms with Gasteiger partial charge in [0.1, 0.15) is 0 Å². The van der Waals surface area contributed by atoms with Crippen LogP contribution in [0.3, 0.4) is 0 Å². The molecular weight excluding hydrogens is 533 g/mol. The number of nitrogens with zero attached hydrogens (tertiary/aromatic N) is 5. The van der Waals surface area contributed by atoms with E-state index >= 15 is 0 Å². The van der Waals surface area contributed by atoms with Gasteiger partial charge in [0.15, 0.2) is 11.8 Å². The molecule has 0 aliphatic carbocycles. The number of halogens is 1. The molecular formula is C23H32IN7S. The first-order valence-electron chi connectivity index (χ1n) is 10.9. The van der Waals surface area contributed by atoms with Crippen LogP contribution >= 0.6 is 35.3 Å². The zero-order valence-corrected chi connectivity index (χ0v) is 22.1. The summed E-state index contributed by atoms with van der Waals surface area (Å²) >= 11 is 1.82. The van der Waals surface area contributed by atoms with E-state index in [-0.39, 0.29) is 24.0 Å². The minimum absolute atomic E-state index is 0.